The standard InChI is InChI=1S/C23H23ClN2O6S/c1-4-31-21(27)23(22(28)32-5-2)14(3)20-19(25-23)17-13-15(24)11-12-18(17)26(20)33(29,30)16-9-7-6-8-10-16/h6-13,19-20,25H,3-5H2,1-2H3/t19-,20-/m0/s1. The zero-order chi connectivity index (χ0) is 24.0. The predicted molar refractivity (Wildman–Crippen MR) is 122 cm³/mol. The van der Waals surface area contributed by atoms with Crippen molar-refractivity contribution in [2.45, 2.75) is 36.4 Å². The Morgan fingerprint density at radius 2 is 1.70 bits per heavy atom. The number of anilines is 1. The third-order valence-electron chi connectivity index (χ3n) is 5.80. The lowest BCUT2D eigenvalue weighted by molar-refractivity contribution is -0.163. The van der Waals surface area contributed by atoms with E-state index in [9.17, 15) is 18.0 Å². The molecule has 1 saturated heterocycles. The first-order valence-corrected chi connectivity index (χ1v) is 12.2. The van der Waals surface area contributed by atoms with Gasteiger partial charge in [0.1, 0.15) is 0 Å². The van der Waals surface area contributed by atoms with Crippen LogP contribution >= 0.6 is 11.6 Å². The van der Waals surface area contributed by atoms with Gasteiger partial charge in [-0.25, -0.2) is 18.0 Å². The Kier molecular flexibility index (Phi) is 5.98. The van der Waals surface area contributed by atoms with Gasteiger partial charge in [-0.2, -0.15) is 0 Å². The van der Waals surface area contributed by atoms with Gasteiger partial charge in [-0.1, -0.05) is 36.4 Å². The first kappa shape index (κ1) is 23.3. The lowest BCUT2D eigenvalue weighted by Gasteiger charge is -2.31. The second-order valence-electron chi connectivity index (χ2n) is 7.60. The third kappa shape index (κ3) is 3.42. The second kappa shape index (κ2) is 8.48. The zero-order valence-corrected chi connectivity index (χ0v) is 19.7. The molecular formula is C23H23ClN2O6S. The van der Waals surface area contributed by atoms with Crippen molar-refractivity contribution in [3.63, 3.8) is 0 Å². The van der Waals surface area contributed by atoms with Crippen LogP contribution in [0.15, 0.2) is 65.6 Å². The molecule has 4 rings (SSSR count). The normalized spacial score (nSPS) is 20.8. The number of carbonyl (C=O) groups excluding carboxylic acids is 2. The Morgan fingerprint density at radius 1 is 1.09 bits per heavy atom. The maximum atomic E-state index is 13.8. The molecule has 0 bridgehead atoms. The number of rotatable bonds is 6. The number of carbonyl (C=O) groups is 2. The largest absolute Gasteiger partial charge is 0.464 e. The highest BCUT2D eigenvalue weighted by atomic mass is 35.5. The van der Waals surface area contributed by atoms with Gasteiger partial charge < -0.3 is 9.47 Å². The minimum absolute atomic E-state index is 0.0126. The summed E-state index contributed by atoms with van der Waals surface area (Å²) in [5, 5.41) is 3.39. The Balaban J connectivity index is 1.92. The van der Waals surface area contributed by atoms with Crippen LogP contribution < -0.4 is 9.62 Å². The molecule has 2 aliphatic heterocycles. The molecule has 2 aliphatic rings. The summed E-state index contributed by atoms with van der Waals surface area (Å²) < 4.78 is 39.1. The smallest absolute Gasteiger partial charge is 0.342 e. The first-order valence-electron chi connectivity index (χ1n) is 10.4. The molecule has 2 atom stereocenters. The molecule has 2 heterocycles. The molecule has 2 aromatic carbocycles. The third-order valence-corrected chi connectivity index (χ3v) is 7.85. The van der Waals surface area contributed by atoms with E-state index in [1.165, 1.54) is 16.4 Å². The number of sulfonamides is 1. The lowest BCUT2D eigenvalue weighted by Crippen LogP contribution is -2.58. The van der Waals surface area contributed by atoms with Crippen molar-refractivity contribution in [2.75, 3.05) is 17.5 Å². The average molecular weight is 491 g/mol. The molecular weight excluding hydrogens is 468 g/mol. The molecule has 1 N–H and O–H groups in total. The average Bonchev–Trinajstić information content (AvgIpc) is 3.27. The summed E-state index contributed by atoms with van der Waals surface area (Å²) in [7, 11) is -4.09. The topological polar surface area (TPSA) is 102 Å². The molecule has 8 nitrogen and oxygen atoms in total. The van der Waals surface area contributed by atoms with Gasteiger partial charge in [0.05, 0.1) is 35.9 Å². The monoisotopic (exact) mass is 490 g/mol. The van der Waals surface area contributed by atoms with Gasteiger partial charge >= 0.3 is 11.9 Å². The molecule has 33 heavy (non-hydrogen) atoms. The number of nitrogens with one attached hydrogen (secondary N) is 1. The van der Waals surface area contributed by atoms with E-state index in [0.29, 0.717) is 16.3 Å². The van der Waals surface area contributed by atoms with Gasteiger partial charge in [0, 0.05) is 5.02 Å². The van der Waals surface area contributed by atoms with E-state index < -0.39 is 39.6 Å². The number of halogens is 1. The van der Waals surface area contributed by atoms with Crippen molar-refractivity contribution in [1.29, 1.82) is 0 Å². The molecule has 0 spiro atoms. The van der Waals surface area contributed by atoms with Gasteiger partial charge in [0.25, 0.3) is 10.0 Å². The molecule has 0 radical (unpaired) electrons. The first-order chi connectivity index (χ1) is 15.7. The van der Waals surface area contributed by atoms with E-state index in [1.54, 1.807) is 50.2 Å². The Morgan fingerprint density at radius 3 is 2.27 bits per heavy atom. The number of hydrogen-bond acceptors (Lipinski definition) is 7. The number of ether oxygens (including phenoxy) is 2. The maximum absolute atomic E-state index is 13.8. The summed E-state index contributed by atoms with van der Waals surface area (Å²) in [6.45, 7) is 7.26. The number of fused-ring (bicyclic) bond motifs is 3. The number of nitrogens with zero attached hydrogens (tertiary/aromatic N) is 1. The number of benzene rings is 2. The van der Waals surface area contributed by atoms with Crippen molar-refractivity contribution in [2.24, 2.45) is 0 Å². The minimum atomic E-state index is -4.09. The van der Waals surface area contributed by atoms with Crippen LogP contribution in [0.3, 0.4) is 0 Å². The molecule has 0 aromatic heterocycles. The van der Waals surface area contributed by atoms with Crippen molar-refractivity contribution in [3.8, 4) is 0 Å². The predicted octanol–water partition coefficient (Wildman–Crippen LogP) is 2.98. The van der Waals surface area contributed by atoms with Crippen molar-refractivity contribution in [3.05, 3.63) is 71.3 Å². The molecule has 0 amide bonds. The zero-order valence-electron chi connectivity index (χ0n) is 18.1. The Bertz CT molecular complexity index is 1210. The van der Waals surface area contributed by atoms with E-state index in [2.05, 4.69) is 11.9 Å². The SMILES string of the molecule is C=C1[C@H]2[C@@H](NC1(C(=O)OCC)C(=O)OCC)c1cc(Cl)ccc1N2S(=O)(=O)c1ccccc1. The summed E-state index contributed by atoms with van der Waals surface area (Å²) in [6, 6.07) is 10.9. The van der Waals surface area contributed by atoms with Crippen LogP contribution in [0.1, 0.15) is 25.5 Å². The van der Waals surface area contributed by atoms with Crippen LogP contribution in [0.2, 0.25) is 5.02 Å². The summed E-state index contributed by atoms with van der Waals surface area (Å²) >= 11 is 6.22. The molecule has 174 valence electrons. The Labute approximate surface area is 197 Å². The fourth-order valence-corrected chi connectivity index (χ4v) is 6.29. The van der Waals surface area contributed by atoms with Gasteiger partial charge in [-0.15, -0.1) is 0 Å². The molecule has 2 aromatic rings. The molecule has 10 heteroatoms. The van der Waals surface area contributed by atoms with E-state index >= 15 is 0 Å². The number of hydrogen-bond donors (Lipinski definition) is 1. The second-order valence-corrected chi connectivity index (χ2v) is 9.85. The lowest BCUT2D eigenvalue weighted by atomic mass is 9.90. The van der Waals surface area contributed by atoms with Gasteiger partial charge in [-0.05, 0) is 55.3 Å². The van der Waals surface area contributed by atoms with E-state index in [4.69, 9.17) is 21.1 Å². The van der Waals surface area contributed by atoms with Crippen LogP contribution in [0.5, 0.6) is 0 Å². The minimum Gasteiger partial charge on any atom is -0.464 e. The Hall–Kier alpha value is -2.88. The highest BCUT2D eigenvalue weighted by molar-refractivity contribution is 7.93. The van der Waals surface area contributed by atoms with Crippen molar-refractivity contribution in [1.82, 2.24) is 5.32 Å². The van der Waals surface area contributed by atoms with Crippen LogP contribution in [0.4, 0.5) is 5.69 Å². The van der Waals surface area contributed by atoms with Crippen molar-refractivity contribution < 1.29 is 27.5 Å². The van der Waals surface area contributed by atoms with Crippen LogP contribution in [-0.2, 0) is 29.1 Å². The highest BCUT2D eigenvalue weighted by Gasteiger charge is 2.65. The fraction of sp³-hybridized carbons (Fsp3) is 0.304. The summed E-state index contributed by atoms with van der Waals surface area (Å²) in [5.74, 6) is -1.80. The summed E-state index contributed by atoms with van der Waals surface area (Å²) in [4.78, 5) is 26.2. The summed E-state index contributed by atoms with van der Waals surface area (Å²) in [5.41, 5.74) is -1.14. The van der Waals surface area contributed by atoms with E-state index in [0.717, 1.165) is 0 Å². The molecule has 0 aliphatic carbocycles. The maximum Gasteiger partial charge on any atom is 0.342 e. The van der Waals surface area contributed by atoms with Gasteiger partial charge in [-0.3, -0.25) is 9.62 Å². The highest BCUT2D eigenvalue weighted by Crippen LogP contribution is 2.52. The fourth-order valence-electron chi connectivity index (χ4n) is 4.40. The van der Waals surface area contributed by atoms with E-state index in [1.807, 2.05) is 0 Å². The van der Waals surface area contributed by atoms with Gasteiger partial charge in [0.15, 0.2) is 0 Å². The molecule has 0 saturated carbocycles. The molecule has 1 fully saturated rings. The summed E-state index contributed by atoms with van der Waals surface area (Å²) in [6.07, 6.45) is 0. The van der Waals surface area contributed by atoms with Crippen LogP contribution in [0.25, 0.3) is 0 Å². The van der Waals surface area contributed by atoms with Crippen LogP contribution in [-0.4, -0.2) is 45.2 Å². The quantitative estimate of drug-likeness (QED) is 0.377. The molecule has 0 unspecified atom stereocenters. The van der Waals surface area contributed by atoms with Crippen LogP contribution in [0, 0.1) is 0 Å². The van der Waals surface area contributed by atoms with E-state index in [-0.39, 0.29) is 23.7 Å². The number of esters is 2. The van der Waals surface area contributed by atoms with Gasteiger partial charge in [0.2, 0.25) is 5.54 Å². The van der Waals surface area contributed by atoms with Crippen molar-refractivity contribution >= 4 is 39.3 Å².